The summed E-state index contributed by atoms with van der Waals surface area (Å²) in [6.45, 7) is 5.54. The van der Waals surface area contributed by atoms with Gasteiger partial charge in [-0.15, -0.1) is 0 Å². The number of benzene rings is 2. The molecule has 2 aromatic carbocycles. The molecule has 4 rings (SSSR count). The molecule has 1 saturated heterocycles. The molecule has 1 amide bonds. The van der Waals surface area contributed by atoms with E-state index in [1.165, 1.54) is 23.8 Å². The number of nitrogens with one attached hydrogen (secondary N) is 1. The minimum atomic E-state index is -0.287. The third-order valence-corrected chi connectivity index (χ3v) is 6.41. The Morgan fingerprint density at radius 2 is 1.97 bits per heavy atom. The molecule has 1 saturated carbocycles. The fourth-order valence-electron chi connectivity index (χ4n) is 4.10. The van der Waals surface area contributed by atoms with Crippen molar-refractivity contribution in [1.29, 1.82) is 0 Å². The molecule has 6 heteroatoms. The first-order valence-corrected chi connectivity index (χ1v) is 11.8. The summed E-state index contributed by atoms with van der Waals surface area (Å²) in [5.74, 6) is 1.13. The number of carbonyl (C=O) groups excluding carboxylic acids is 1. The molecule has 1 unspecified atom stereocenters. The molecule has 1 aliphatic heterocycles. The standard InChI is InChI=1S/C26H34FN3O2/c1-3-4-15-32-23-10-7-20(8-11-23)26(31)29(2)22-9-12-25(24(27)16-22)30-14-13-21(18-30)28-17-19-5-6-19/h7-12,16,19,21,28H,3-6,13-15,17-18H2,1-2H3. The number of amides is 1. The second kappa shape index (κ2) is 10.3. The lowest BCUT2D eigenvalue weighted by molar-refractivity contribution is 0.0993. The number of nitrogens with zero attached hydrogens (tertiary/aromatic N) is 2. The zero-order valence-corrected chi connectivity index (χ0v) is 19.1. The van der Waals surface area contributed by atoms with Gasteiger partial charge in [-0.25, -0.2) is 4.39 Å². The number of ether oxygens (including phenoxy) is 1. The summed E-state index contributed by atoms with van der Waals surface area (Å²) >= 11 is 0. The largest absolute Gasteiger partial charge is 0.494 e. The van der Waals surface area contributed by atoms with E-state index in [2.05, 4.69) is 17.1 Å². The van der Waals surface area contributed by atoms with Crippen LogP contribution in [0, 0.1) is 11.7 Å². The van der Waals surface area contributed by atoms with Crippen LogP contribution in [0.4, 0.5) is 15.8 Å². The van der Waals surface area contributed by atoms with E-state index in [0.29, 0.717) is 29.6 Å². The van der Waals surface area contributed by atoms with E-state index in [0.717, 1.165) is 50.6 Å². The van der Waals surface area contributed by atoms with E-state index in [9.17, 15) is 9.18 Å². The summed E-state index contributed by atoms with van der Waals surface area (Å²) in [6.07, 6.45) is 5.78. The Hall–Kier alpha value is -2.60. The van der Waals surface area contributed by atoms with Gasteiger partial charge in [-0.3, -0.25) is 4.79 Å². The number of anilines is 2. The maximum atomic E-state index is 15.0. The van der Waals surface area contributed by atoms with Crippen molar-refractivity contribution in [1.82, 2.24) is 5.32 Å². The molecule has 2 fully saturated rings. The summed E-state index contributed by atoms with van der Waals surface area (Å²) in [4.78, 5) is 16.5. The predicted octanol–water partition coefficient (Wildman–Crippen LogP) is 4.86. The van der Waals surface area contributed by atoms with Gasteiger partial charge in [0, 0.05) is 37.4 Å². The summed E-state index contributed by atoms with van der Waals surface area (Å²) in [5.41, 5.74) is 1.70. The minimum absolute atomic E-state index is 0.178. The van der Waals surface area contributed by atoms with E-state index >= 15 is 0 Å². The Morgan fingerprint density at radius 1 is 1.19 bits per heavy atom. The van der Waals surface area contributed by atoms with Gasteiger partial charge in [0.2, 0.25) is 0 Å². The van der Waals surface area contributed by atoms with E-state index in [-0.39, 0.29) is 11.7 Å². The molecular weight excluding hydrogens is 405 g/mol. The molecule has 0 spiro atoms. The van der Waals surface area contributed by atoms with Crippen LogP contribution in [-0.4, -0.2) is 45.2 Å². The van der Waals surface area contributed by atoms with E-state index in [1.807, 2.05) is 18.2 Å². The predicted molar refractivity (Wildman–Crippen MR) is 127 cm³/mol. The number of rotatable bonds is 10. The Kier molecular flexibility index (Phi) is 7.30. The van der Waals surface area contributed by atoms with Crippen molar-refractivity contribution in [2.24, 2.45) is 5.92 Å². The monoisotopic (exact) mass is 439 g/mol. The number of carbonyl (C=O) groups is 1. The molecule has 1 aliphatic carbocycles. The highest BCUT2D eigenvalue weighted by molar-refractivity contribution is 6.05. The lowest BCUT2D eigenvalue weighted by Gasteiger charge is -2.22. The van der Waals surface area contributed by atoms with Crippen LogP contribution >= 0.6 is 0 Å². The van der Waals surface area contributed by atoms with Crippen molar-refractivity contribution in [2.45, 2.75) is 45.1 Å². The van der Waals surface area contributed by atoms with Crippen LogP contribution in [0.1, 0.15) is 49.4 Å². The average Bonchev–Trinajstić information content (AvgIpc) is 3.53. The third kappa shape index (κ3) is 5.60. The number of hydrogen-bond donors (Lipinski definition) is 1. The topological polar surface area (TPSA) is 44.8 Å². The van der Waals surface area contributed by atoms with Crippen molar-refractivity contribution < 1.29 is 13.9 Å². The van der Waals surface area contributed by atoms with Crippen LogP contribution in [-0.2, 0) is 0 Å². The molecule has 1 N–H and O–H groups in total. The van der Waals surface area contributed by atoms with Gasteiger partial charge in [0.15, 0.2) is 0 Å². The average molecular weight is 440 g/mol. The van der Waals surface area contributed by atoms with Gasteiger partial charge in [-0.05, 0) is 80.6 Å². The van der Waals surface area contributed by atoms with E-state index < -0.39 is 0 Å². The molecular formula is C26H34FN3O2. The second-order valence-electron chi connectivity index (χ2n) is 9.01. The summed E-state index contributed by atoms with van der Waals surface area (Å²) in [6, 6.07) is 12.6. The molecule has 0 aromatic heterocycles. The maximum absolute atomic E-state index is 15.0. The van der Waals surface area contributed by atoms with Crippen LogP contribution in [0.5, 0.6) is 5.75 Å². The molecule has 5 nitrogen and oxygen atoms in total. The zero-order chi connectivity index (χ0) is 22.5. The maximum Gasteiger partial charge on any atom is 0.258 e. The molecule has 172 valence electrons. The lowest BCUT2D eigenvalue weighted by Crippen LogP contribution is -2.34. The first-order valence-electron chi connectivity index (χ1n) is 11.8. The Bertz CT molecular complexity index is 914. The van der Waals surface area contributed by atoms with Crippen molar-refractivity contribution in [3.63, 3.8) is 0 Å². The zero-order valence-electron chi connectivity index (χ0n) is 19.1. The molecule has 32 heavy (non-hydrogen) atoms. The fourth-order valence-corrected chi connectivity index (χ4v) is 4.10. The molecule has 1 heterocycles. The molecule has 1 atom stereocenters. The van der Waals surface area contributed by atoms with Gasteiger partial charge in [0.05, 0.1) is 12.3 Å². The summed E-state index contributed by atoms with van der Waals surface area (Å²) < 4.78 is 20.6. The highest BCUT2D eigenvalue weighted by Gasteiger charge is 2.27. The normalized spacial score (nSPS) is 18.1. The SMILES string of the molecule is CCCCOc1ccc(C(=O)N(C)c2ccc(N3CCC(NCC4CC4)C3)c(F)c2)cc1. The van der Waals surface area contributed by atoms with Crippen LogP contribution < -0.4 is 19.9 Å². The van der Waals surface area contributed by atoms with Gasteiger partial charge in [0.1, 0.15) is 11.6 Å². The van der Waals surface area contributed by atoms with Crippen LogP contribution in [0.2, 0.25) is 0 Å². The van der Waals surface area contributed by atoms with Crippen molar-refractivity contribution in [2.75, 3.05) is 43.1 Å². The van der Waals surface area contributed by atoms with E-state index in [4.69, 9.17) is 4.74 Å². The summed E-state index contributed by atoms with van der Waals surface area (Å²) in [5, 5.41) is 3.62. The number of hydrogen-bond acceptors (Lipinski definition) is 4. The molecule has 2 aromatic rings. The number of unbranched alkanes of at least 4 members (excludes halogenated alkanes) is 1. The van der Waals surface area contributed by atoms with Crippen molar-refractivity contribution in [3.8, 4) is 5.75 Å². The Morgan fingerprint density at radius 3 is 2.66 bits per heavy atom. The van der Waals surface area contributed by atoms with Gasteiger partial charge in [-0.1, -0.05) is 13.3 Å². The van der Waals surface area contributed by atoms with Crippen molar-refractivity contribution in [3.05, 3.63) is 53.8 Å². The molecule has 0 bridgehead atoms. The highest BCUT2D eigenvalue weighted by Crippen LogP contribution is 2.30. The lowest BCUT2D eigenvalue weighted by atomic mass is 10.1. The first kappa shape index (κ1) is 22.6. The number of halogens is 1. The molecule has 0 radical (unpaired) electrons. The van der Waals surface area contributed by atoms with Gasteiger partial charge in [-0.2, -0.15) is 0 Å². The highest BCUT2D eigenvalue weighted by atomic mass is 19.1. The van der Waals surface area contributed by atoms with Crippen molar-refractivity contribution >= 4 is 17.3 Å². The fraction of sp³-hybridized carbons (Fsp3) is 0.500. The minimum Gasteiger partial charge on any atom is -0.494 e. The van der Waals surface area contributed by atoms with Crippen LogP contribution in [0.3, 0.4) is 0 Å². The Labute approximate surface area is 190 Å². The van der Waals surface area contributed by atoms with Gasteiger partial charge in [0.25, 0.3) is 5.91 Å². The molecule has 2 aliphatic rings. The first-order chi connectivity index (χ1) is 15.5. The second-order valence-corrected chi connectivity index (χ2v) is 9.01. The summed E-state index contributed by atoms with van der Waals surface area (Å²) in [7, 11) is 1.68. The van der Waals surface area contributed by atoms with Gasteiger partial charge >= 0.3 is 0 Å². The van der Waals surface area contributed by atoms with E-state index in [1.54, 1.807) is 25.2 Å². The smallest absolute Gasteiger partial charge is 0.258 e. The van der Waals surface area contributed by atoms with Gasteiger partial charge < -0.3 is 19.9 Å². The van der Waals surface area contributed by atoms with Crippen LogP contribution in [0.15, 0.2) is 42.5 Å². The quantitative estimate of drug-likeness (QED) is 0.537. The Balaban J connectivity index is 1.36. The third-order valence-electron chi connectivity index (χ3n) is 6.41. The van der Waals surface area contributed by atoms with Crippen LogP contribution in [0.25, 0.3) is 0 Å².